The van der Waals surface area contributed by atoms with Crippen LogP contribution in [-0.4, -0.2) is 39.1 Å². The Kier molecular flexibility index (Phi) is 3.84. The molecule has 0 atom stereocenters. The van der Waals surface area contributed by atoms with E-state index in [1.807, 2.05) is 24.3 Å². The van der Waals surface area contributed by atoms with Crippen LogP contribution in [-0.2, 0) is 10.1 Å². The van der Waals surface area contributed by atoms with Gasteiger partial charge in [0.2, 0.25) is 0 Å². The van der Waals surface area contributed by atoms with Gasteiger partial charge in [-0.25, -0.2) is 0 Å². The number of nitrogens with zero attached hydrogens (tertiary/aromatic N) is 1. The first-order chi connectivity index (χ1) is 10.1. The molecule has 3 rings (SSSR count). The Morgan fingerprint density at radius 1 is 1.05 bits per heavy atom. The van der Waals surface area contributed by atoms with Crippen LogP contribution in [0.2, 0.25) is 0 Å². The van der Waals surface area contributed by atoms with Gasteiger partial charge in [0.1, 0.15) is 4.90 Å². The van der Waals surface area contributed by atoms with Crippen LogP contribution in [0.4, 0.5) is 5.69 Å². The van der Waals surface area contributed by atoms with Crippen molar-refractivity contribution in [1.82, 2.24) is 5.32 Å². The van der Waals surface area contributed by atoms with Gasteiger partial charge >= 0.3 is 0 Å². The Morgan fingerprint density at radius 2 is 1.81 bits per heavy atom. The molecule has 0 saturated carbocycles. The minimum Gasteiger partial charge on any atom is -0.370 e. The Bertz CT molecular complexity index is 745. The molecular weight excluding hydrogens is 288 g/mol. The first kappa shape index (κ1) is 14.3. The van der Waals surface area contributed by atoms with Crippen molar-refractivity contribution in [1.29, 1.82) is 0 Å². The van der Waals surface area contributed by atoms with Crippen molar-refractivity contribution in [3.8, 4) is 0 Å². The van der Waals surface area contributed by atoms with E-state index in [2.05, 4.69) is 10.2 Å². The smallest absolute Gasteiger partial charge is 0.295 e. The number of benzene rings is 2. The summed E-state index contributed by atoms with van der Waals surface area (Å²) in [6.45, 7) is 3.52. The molecule has 0 spiro atoms. The minimum absolute atomic E-state index is 0.0205. The number of rotatable bonds is 2. The van der Waals surface area contributed by atoms with Gasteiger partial charge in [0.15, 0.2) is 0 Å². The van der Waals surface area contributed by atoms with E-state index in [0.717, 1.165) is 43.7 Å². The average molecular weight is 306 g/mol. The molecule has 2 aromatic rings. The molecule has 1 saturated heterocycles. The van der Waals surface area contributed by atoms with Crippen LogP contribution in [0.5, 0.6) is 0 Å². The number of hydrogen-bond acceptors (Lipinski definition) is 4. The van der Waals surface area contributed by atoms with E-state index < -0.39 is 10.1 Å². The maximum atomic E-state index is 11.7. The van der Waals surface area contributed by atoms with E-state index in [4.69, 9.17) is 0 Å². The first-order valence-corrected chi connectivity index (χ1v) is 8.46. The van der Waals surface area contributed by atoms with Gasteiger partial charge < -0.3 is 10.2 Å². The zero-order chi connectivity index (χ0) is 14.9. The highest BCUT2D eigenvalue weighted by atomic mass is 32.2. The summed E-state index contributed by atoms with van der Waals surface area (Å²) in [7, 11) is -4.24. The van der Waals surface area contributed by atoms with Gasteiger partial charge in [0, 0.05) is 30.7 Å². The van der Waals surface area contributed by atoms with Crippen molar-refractivity contribution in [3.05, 3.63) is 36.4 Å². The predicted molar refractivity (Wildman–Crippen MR) is 83.5 cm³/mol. The fraction of sp³-hybridized carbons (Fsp3) is 0.333. The third-order valence-corrected chi connectivity index (χ3v) is 4.70. The second-order valence-corrected chi connectivity index (χ2v) is 6.59. The number of fused-ring (bicyclic) bond motifs is 1. The second kappa shape index (κ2) is 5.63. The molecule has 2 N–H and O–H groups in total. The molecule has 112 valence electrons. The molecule has 5 nitrogen and oxygen atoms in total. The van der Waals surface area contributed by atoms with Gasteiger partial charge in [-0.15, -0.1) is 0 Å². The molecule has 0 unspecified atom stereocenters. The molecule has 21 heavy (non-hydrogen) atoms. The lowest BCUT2D eigenvalue weighted by molar-refractivity contribution is 0.484. The third-order valence-electron chi connectivity index (χ3n) is 3.80. The molecule has 1 fully saturated rings. The Balaban J connectivity index is 2.22. The standard InChI is InChI=1S/C15H18N2O3S/c18-21(19,20)14-7-2-5-12-4-1-6-13(15(12)14)17-10-3-8-16-9-11-17/h1-2,4-7,16H,3,8-11H2,(H,18,19,20). The summed E-state index contributed by atoms with van der Waals surface area (Å²) in [6.07, 6.45) is 1.00. The van der Waals surface area contributed by atoms with E-state index in [1.54, 1.807) is 6.07 Å². The van der Waals surface area contributed by atoms with Crippen LogP contribution in [0, 0.1) is 0 Å². The molecule has 0 bridgehead atoms. The normalized spacial score (nSPS) is 16.9. The average Bonchev–Trinajstić information content (AvgIpc) is 2.74. The van der Waals surface area contributed by atoms with E-state index in [1.165, 1.54) is 6.07 Å². The fourth-order valence-corrected chi connectivity index (χ4v) is 3.58. The maximum absolute atomic E-state index is 11.7. The Morgan fingerprint density at radius 3 is 2.57 bits per heavy atom. The van der Waals surface area contributed by atoms with E-state index in [-0.39, 0.29) is 4.90 Å². The molecule has 6 heteroatoms. The van der Waals surface area contributed by atoms with E-state index in [0.29, 0.717) is 5.39 Å². The van der Waals surface area contributed by atoms with Gasteiger partial charge in [-0.1, -0.05) is 24.3 Å². The molecule has 1 heterocycles. The lowest BCUT2D eigenvalue weighted by Crippen LogP contribution is -2.28. The number of nitrogens with one attached hydrogen (secondary N) is 1. The first-order valence-electron chi connectivity index (χ1n) is 7.02. The molecule has 0 aliphatic carbocycles. The summed E-state index contributed by atoms with van der Waals surface area (Å²) in [5.41, 5.74) is 0.865. The van der Waals surface area contributed by atoms with Crippen molar-refractivity contribution < 1.29 is 13.0 Å². The van der Waals surface area contributed by atoms with Crippen molar-refractivity contribution in [2.45, 2.75) is 11.3 Å². The minimum atomic E-state index is -4.24. The summed E-state index contributed by atoms with van der Waals surface area (Å²) >= 11 is 0. The molecule has 0 aromatic heterocycles. The molecule has 0 radical (unpaired) electrons. The van der Waals surface area contributed by atoms with E-state index >= 15 is 0 Å². The van der Waals surface area contributed by atoms with Crippen LogP contribution in [0.25, 0.3) is 10.8 Å². The van der Waals surface area contributed by atoms with Gasteiger partial charge in [-0.3, -0.25) is 4.55 Å². The quantitative estimate of drug-likeness (QED) is 0.829. The largest absolute Gasteiger partial charge is 0.370 e. The van der Waals surface area contributed by atoms with Gasteiger partial charge in [0.25, 0.3) is 10.1 Å². The monoisotopic (exact) mass is 306 g/mol. The summed E-state index contributed by atoms with van der Waals surface area (Å²) in [4.78, 5) is 2.16. The van der Waals surface area contributed by atoms with Crippen molar-refractivity contribution in [2.24, 2.45) is 0 Å². The molecule has 1 aliphatic heterocycles. The summed E-state index contributed by atoms with van der Waals surface area (Å²) in [5, 5.41) is 4.75. The Labute approximate surface area is 124 Å². The highest BCUT2D eigenvalue weighted by Gasteiger charge is 2.19. The lowest BCUT2D eigenvalue weighted by Gasteiger charge is -2.24. The van der Waals surface area contributed by atoms with Crippen LogP contribution in [0.15, 0.2) is 41.3 Å². The van der Waals surface area contributed by atoms with Gasteiger partial charge in [0.05, 0.1) is 0 Å². The van der Waals surface area contributed by atoms with Gasteiger partial charge in [-0.05, 0) is 30.5 Å². The highest BCUT2D eigenvalue weighted by Crippen LogP contribution is 2.32. The predicted octanol–water partition coefficient (Wildman–Crippen LogP) is 1.89. The number of hydrogen-bond donors (Lipinski definition) is 2. The zero-order valence-electron chi connectivity index (χ0n) is 11.6. The lowest BCUT2D eigenvalue weighted by atomic mass is 10.1. The SMILES string of the molecule is O=S(=O)(O)c1cccc2cccc(N3CCCNCC3)c12. The van der Waals surface area contributed by atoms with Crippen molar-refractivity contribution >= 4 is 26.6 Å². The van der Waals surface area contributed by atoms with Crippen LogP contribution >= 0.6 is 0 Å². The third kappa shape index (κ3) is 2.88. The molecule has 0 amide bonds. The summed E-state index contributed by atoms with van der Waals surface area (Å²) in [6, 6.07) is 10.7. The summed E-state index contributed by atoms with van der Waals surface area (Å²) in [5.74, 6) is 0. The van der Waals surface area contributed by atoms with Crippen LogP contribution < -0.4 is 10.2 Å². The Hall–Kier alpha value is -1.63. The van der Waals surface area contributed by atoms with Crippen molar-refractivity contribution in [2.75, 3.05) is 31.1 Å². The molecule has 1 aliphatic rings. The van der Waals surface area contributed by atoms with Gasteiger partial charge in [-0.2, -0.15) is 8.42 Å². The zero-order valence-corrected chi connectivity index (χ0v) is 12.4. The maximum Gasteiger partial charge on any atom is 0.295 e. The highest BCUT2D eigenvalue weighted by molar-refractivity contribution is 7.86. The summed E-state index contributed by atoms with van der Waals surface area (Å²) < 4.78 is 32.9. The van der Waals surface area contributed by atoms with Crippen LogP contribution in [0.3, 0.4) is 0 Å². The fourth-order valence-electron chi connectivity index (χ4n) is 2.85. The number of anilines is 1. The molecule has 2 aromatic carbocycles. The second-order valence-electron chi connectivity index (χ2n) is 5.20. The van der Waals surface area contributed by atoms with E-state index in [9.17, 15) is 13.0 Å². The topological polar surface area (TPSA) is 69.6 Å². The molecular formula is C15H18N2O3S. The van der Waals surface area contributed by atoms with Crippen molar-refractivity contribution in [3.63, 3.8) is 0 Å². The van der Waals surface area contributed by atoms with Crippen LogP contribution in [0.1, 0.15) is 6.42 Å².